The number of carbonyl (C=O) groups is 1. The number of aromatic nitrogens is 2. The topological polar surface area (TPSA) is 81.0 Å². The number of nitrogen functional groups attached to an aromatic ring is 1. The normalized spacial score (nSPS) is 10.2. The number of nitrogens with zero attached hydrogens (tertiary/aromatic N) is 1. The van der Waals surface area contributed by atoms with Crippen LogP contribution < -0.4 is 10.5 Å². The standard InChI is InChI=1S/C12H13N3O2/c1-7-5-12(15-14-7)17-9-3-4-10(8(2)16)11(13)6-9/h3-6H,13H2,1-2H3,(H,14,15). The molecule has 0 radical (unpaired) electrons. The van der Waals surface area contributed by atoms with Crippen LogP contribution in [0.5, 0.6) is 11.6 Å². The monoisotopic (exact) mass is 231 g/mol. The van der Waals surface area contributed by atoms with E-state index in [9.17, 15) is 4.79 Å². The van der Waals surface area contributed by atoms with E-state index in [0.29, 0.717) is 22.9 Å². The number of Topliss-reactive ketones (excluding diaryl/α,β-unsaturated/α-hetero) is 1. The van der Waals surface area contributed by atoms with Gasteiger partial charge >= 0.3 is 0 Å². The molecule has 5 heteroatoms. The van der Waals surface area contributed by atoms with E-state index in [-0.39, 0.29) is 5.78 Å². The lowest BCUT2D eigenvalue weighted by atomic mass is 10.1. The minimum Gasteiger partial charge on any atom is -0.437 e. The second kappa shape index (κ2) is 4.29. The molecule has 1 heterocycles. The molecule has 3 N–H and O–H groups in total. The number of hydrogen-bond donors (Lipinski definition) is 2. The molecule has 0 amide bonds. The molecule has 0 spiro atoms. The van der Waals surface area contributed by atoms with E-state index in [4.69, 9.17) is 10.5 Å². The maximum Gasteiger partial charge on any atom is 0.238 e. The summed E-state index contributed by atoms with van der Waals surface area (Å²) in [6.07, 6.45) is 0. The Labute approximate surface area is 98.6 Å². The molecule has 0 aliphatic rings. The highest BCUT2D eigenvalue weighted by Gasteiger charge is 2.07. The van der Waals surface area contributed by atoms with Crippen molar-refractivity contribution in [3.05, 3.63) is 35.5 Å². The summed E-state index contributed by atoms with van der Waals surface area (Å²) in [7, 11) is 0. The number of ketones is 1. The molecule has 0 aliphatic carbocycles. The molecule has 1 aromatic heterocycles. The number of anilines is 1. The van der Waals surface area contributed by atoms with Gasteiger partial charge in [-0.1, -0.05) is 0 Å². The van der Waals surface area contributed by atoms with Crippen molar-refractivity contribution in [1.82, 2.24) is 10.2 Å². The first-order valence-corrected chi connectivity index (χ1v) is 5.16. The molecule has 17 heavy (non-hydrogen) atoms. The predicted molar refractivity (Wildman–Crippen MR) is 64.3 cm³/mol. The molecule has 2 rings (SSSR count). The minimum atomic E-state index is -0.0651. The molecular formula is C12H13N3O2. The lowest BCUT2D eigenvalue weighted by molar-refractivity contribution is 0.101. The van der Waals surface area contributed by atoms with Crippen molar-refractivity contribution in [3.63, 3.8) is 0 Å². The molecule has 88 valence electrons. The van der Waals surface area contributed by atoms with Gasteiger partial charge in [-0.15, -0.1) is 5.10 Å². The quantitative estimate of drug-likeness (QED) is 0.627. The zero-order valence-electron chi connectivity index (χ0n) is 9.65. The Hall–Kier alpha value is -2.30. The van der Waals surface area contributed by atoms with Gasteiger partial charge in [-0.3, -0.25) is 9.89 Å². The molecule has 0 aliphatic heterocycles. The van der Waals surface area contributed by atoms with Crippen LogP contribution >= 0.6 is 0 Å². The second-order valence-electron chi connectivity index (χ2n) is 3.80. The second-order valence-corrected chi connectivity index (χ2v) is 3.80. The number of benzene rings is 1. The Morgan fingerprint density at radius 3 is 2.71 bits per heavy atom. The van der Waals surface area contributed by atoms with Crippen LogP contribution in [0, 0.1) is 6.92 Å². The summed E-state index contributed by atoms with van der Waals surface area (Å²) in [4.78, 5) is 11.2. The van der Waals surface area contributed by atoms with Crippen molar-refractivity contribution in [2.75, 3.05) is 5.73 Å². The van der Waals surface area contributed by atoms with Crippen LogP contribution in [0.4, 0.5) is 5.69 Å². The highest BCUT2D eigenvalue weighted by atomic mass is 16.5. The number of aromatic amines is 1. The number of nitrogens with one attached hydrogen (secondary N) is 1. The summed E-state index contributed by atoms with van der Waals surface area (Å²) in [5.41, 5.74) is 7.56. The lowest BCUT2D eigenvalue weighted by Crippen LogP contribution is -1.99. The summed E-state index contributed by atoms with van der Waals surface area (Å²) in [6, 6.07) is 6.72. The smallest absolute Gasteiger partial charge is 0.238 e. The summed E-state index contributed by atoms with van der Waals surface area (Å²) in [5.74, 6) is 0.959. The van der Waals surface area contributed by atoms with Gasteiger partial charge in [0.2, 0.25) is 5.88 Å². The Morgan fingerprint density at radius 1 is 1.41 bits per heavy atom. The number of aryl methyl sites for hydroxylation is 1. The van der Waals surface area contributed by atoms with Gasteiger partial charge < -0.3 is 10.5 Å². The number of nitrogens with two attached hydrogens (primary N) is 1. The van der Waals surface area contributed by atoms with Crippen LogP contribution in [-0.4, -0.2) is 16.0 Å². The van der Waals surface area contributed by atoms with Gasteiger partial charge in [-0.25, -0.2) is 0 Å². The predicted octanol–water partition coefficient (Wildman–Crippen LogP) is 2.30. The Kier molecular flexibility index (Phi) is 2.82. The molecule has 2 aromatic rings. The molecule has 0 saturated carbocycles. The summed E-state index contributed by atoms with van der Waals surface area (Å²) >= 11 is 0. The third-order valence-corrected chi connectivity index (χ3v) is 2.31. The van der Waals surface area contributed by atoms with Crippen molar-refractivity contribution in [3.8, 4) is 11.6 Å². The minimum absolute atomic E-state index is 0.0651. The van der Waals surface area contributed by atoms with Crippen molar-refractivity contribution in [2.45, 2.75) is 13.8 Å². The summed E-state index contributed by atoms with van der Waals surface area (Å²) in [5, 5.41) is 6.72. The van der Waals surface area contributed by atoms with E-state index in [0.717, 1.165) is 5.69 Å². The van der Waals surface area contributed by atoms with Crippen LogP contribution in [0.1, 0.15) is 23.0 Å². The Morgan fingerprint density at radius 2 is 2.18 bits per heavy atom. The molecule has 0 fully saturated rings. The van der Waals surface area contributed by atoms with Gasteiger partial charge in [0.1, 0.15) is 5.75 Å². The summed E-state index contributed by atoms with van der Waals surface area (Å²) < 4.78 is 5.48. The highest BCUT2D eigenvalue weighted by Crippen LogP contribution is 2.24. The fraction of sp³-hybridized carbons (Fsp3) is 0.167. The fourth-order valence-corrected chi connectivity index (χ4v) is 1.49. The molecule has 0 atom stereocenters. The average Bonchev–Trinajstić information content (AvgIpc) is 2.63. The maximum atomic E-state index is 11.2. The van der Waals surface area contributed by atoms with Crippen LogP contribution in [-0.2, 0) is 0 Å². The van der Waals surface area contributed by atoms with Crippen LogP contribution in [0.25, 0.3) is 0 Å². The maximum absolute atomic E-state index is 11.2. The number of H-pyrrole nitrogens is 1. The fourth-order valence-electron chi connectivity index (χ4n) is 1.49. The van der Waals surface area contributed by atoms with Crippen molar-refractivity contribution in [2.24, 2.45) is 0 Å². The third kappa shape index (κ3) is 2.44. The van der Waals surface area contributed by atoms with Gasteiger partial charge in [0.15, 0.2) is 5.78 Å². The Bertz CT molecular complexity index is 561. The van der Waals surface area contributed by atoms with Gasteiger partial charge in [0.25, 0.3) is 0 Å². The average molecular weight is 231 g/mol. The van der Waals surface area contributed by atoms with E-state index >= 15 is 0 Å². The van der Waals surface area contributed by atoms with Crippen LogP contribution in [0.3, 0.4) is 0 Å². The Balaban J connectivity index is 2.23. The van der Waals surface area contributed by atoms with Crippen molar-refractivity contribution >= 4 is 11.5 Å². The number of rotatable bonds is 3. The molecular weight excluding hydrogens is 218 g/mol. The van der Waals surface area contributed by atoms with E-state index < -0.39 is 0 Å². The van der Waals surface area contributed by atoms with E-state index in [2.05, 4.69) is 10.2 Å². The van der Waals surface area contributed by atoms with Gasteiger partial charge in [0.05, 0.1) is 0 Å². The van der Waals surface area contributed by atoms with Crippen LogP contribution in [0.2, 0.25) is 0 Å². The van der Waals surface area contributed by atoms with Gasteiger partial charge in [-0.05, 0) is 26.0 Å². The molecule has 0 bridgehead atoms. The first kappa shape index (κ1) is 11.2. The van der Waals surface area contributed by atoms with E-state index in [1.807, 2.05) is 6.92 Å². The zero-order valence-corrected chi connectivity index (χ0v) is 9.65. The number of ether oxygens (including phenoxy) is 1. The largest absolute Gasteiger partial charge is 0.437 e. The highest BCUT2D eigenvalue weighted by molar-refractivity contribution is 5.99. The first-order valence-electron chi connectivity index (χ1n) is 5.16. The van der Waals surface area contributed by atoms with E-state index in [1.165, 1.54) is 6.92 Å². The van der Waals surface area contributed by atoms with Crippen molar-refractivity contribution in [1.29, 1.82) is 0 Å². The number of hydrogen-bond acceptors (Lipinski definition) is 4. The van der Waals surface area contributed by atoms with E-state index in [1.54, 1.807) is 24.3 Å². The first-order chi connectivity index (χ1) is 8.06. The molecule has 5 nitrogen and oxygen atoms in total. The van der Waals surface area contributed by atoms with Gasteiger partial charge in [-0.2, -0.15) is 0 Å². The SMILES string of the molecule is CC(=O)c1ccc(Oc2cc(C)[nH]n2)cc1N. The van der Waals surface area contributed by atoms with Crippen LogP contribution in [0.15, 0.2) is 24.3 Å². The lowest BCUT2D eigenvalue weighted by Gasteiger charge is -2.05. The zero-order chi connectivity index (χ0) is 12.4. The molecule has 1 aromatic carbocycles. The molecule has 0 unspecified atom stereocenters. The molecule has 0 saturated heterocycles. The van der Waals surface area contributed by atoms with Gasteiger partial charge in [0, 0.05) is 29.1 Å². The van der Waals surface area contributed by atoms with Crippen molar-refractivity contribution < 1.29 is 9.53 Å². The third-order valence-electron chi connectivity index (χ3n) is 2.31. The number of carbonyl (C=O) groups excluding carboxylic acids is 1. The summed E-state index contributed by atoms with van der Waals surface area (Å²) in [6.45, 7) is 3.36.